The number of hydrogen-bond acceptors (Lipinski definition) is 6. The van der Waals surface area contributed by atoms with Crippen LogP contribution in [0.3, 0.4) is 0 Å². The molecule has 0 aromatic carbocycles. The summed E-state index contributed by atoms with van der Waals surface area (Å²) in [6, 6.07) is 0. The summed E-state index contributed by atoms with van der Waals surface area (Å²) in [5.41, 5.74) is 5.59. The molecule has 1 fully saturated rings. The van der Waals surface area contributed by atoms with E-state index in [0.29, 0.717) is 5.82 Å². The Labute approximate surface area is 91.1 Å². The Balaban J connectivity index is 2.12. The van der Waals surface area contributed by atoms with Crippen molar-refractivity contribution in [2.24, 2.45) is 0 Å². The molecule has 1 aromatic heterocycles. The fraction of sp³-hybridized carbons (Fsp3) is 0.500. The normalized spacial score (nSPS) is 17.9. The van der Waals surface area contributed by atoms with Gasteiger partial charge in [0, 0.05) is 24.6 Å². The Bertz CT molecular complexity index is 299. The molecule has 4 nitrogen and oxygen atoms in total. The third-order valence-corrected chi connectivity index (χ3v) is 4.30. The zero-order valence-electron chi connectivity index (χ0n) is 7.72. The second-order valence-corrected chi connectivity index (χ2v) is 5.64. The van der Waals surface area contributed by atoms with Gasteiger partial charge in [-0.15, -0.1) is 0 Å². The van der Waals surface area contributed by atoms with Crippen molar-refractivity contribution in [1.82, 2.24) is 9.97 Å². The van der Waals surface area contributed by atoms with Crippen LogP contribution in [0, 0.1) is 0 Å². The minimum Gasteiger partial charge on any atom is -0.382 e. The molecule has 1 saturated heterocycles. The molecule has 2 heterocycles. The van der Waals surface area contributed by atoms with Crippen LogP contribution in [-0.2, 0) is 0 Å². The summed E-state index contributed by atoms with van der Waals surface area (Å²) >= 11 is 0. The SMILES string of the molecule is Nc1cncc(N2CCSSCC2)n1. The summed E-state index contributed by atoms with van der Waals surface area (Å²) in [5.74, 6) is 3.64. The summed E-state index contributed by atoms with van der Waals surface area (Å²) < 4.78 is 0. The third kappa shape index (κ3) is 2.45. The fourth-order valence-electron chi connectivity index (χ4n) is 1.28. The second kappa shape index (κ2) is 4.75. The third-order valence-electron chi connectivity index (χ3n) is 1.94. The van der Waals surface area contributed by atoms with Crippen LogP contribution in [0.25, 0.3) is 0 Å². The number of rotatable bonds is 1. The maximum Gasteiger partial charge on any atom is 0.149 e. The van der Waals surface area contributed by atoms with Crippen LogP contribution in [0.1, 0.15) is 0 Å². The lowest BCUT2D eigenvalue weighted by Gasteiger charge is -2.19. The highest BCUT2D eigenvalue weighted by molar-refractivity contribution is 8.76. The van der Waals surface area contributed by atoms with Crippen LogP contribution in [0.5, 0.6) is 0 Å². The molecule has 1 aliphatic heterocycles. The van der Waals surface area contributed by atoms with Gasteiger partial charge < -0.3 is 10.6 Å². The van der Waals surface area contributed by atoms with E-state index >= 15 is 0 Å². The van der Waals surface area contributed by atoms with E-state index in [4.69, 9.17) is 5.73 Å². The van der Waals surface area contributed by atoms with Gasteiger partial charge in [0.2, 0.25) is 0 Å². The zero-order chi connectivity index (χ0) is 9.80. The highest BCUT2D eigenvalue weighted by Gasteiger charge is 2.11. The van der Waals surface area contributed by atoms with Crippen molar-refractivity contribution >= 4 is 33.2 Å². The maximum absolute atomic E-state index is 5.59. The lowest BCUT2D eigenvalue weighted by Crippen LogP contribution is -2.27. The van der Waals surface area contributed by atoms with Crippen molar-refractivity contribution in [3.63, 3.8) is 0 Å². The number of nitrogens with two attached hydrogens (primary N) is 1. The largest absolute Gasteiger partial charge is 0.382 e. The van der Waals surface area contributed by atoms with Gasteiger partial charge in [-0.1, -0.05) is 21.6 Å². The van der Waals surface area contributed by atoms with E-state index in [2.05, 4.69) is 14.9 Å². The van der Waals surface area contributed by atoms with E-state index in [1.165, 1.54) is 0 Å². The first-order chi connectivity index (χ1) is 6.86. The predicted octanol–water partition coefficient (Wildman–Crippen LogP) is 1.26. The fourth-order valence-corrected chi connectivity index (χ4v) is 3.26. The van der Waals surface area contributed by atoms with Gasteiger partial charge in [0.15, 0.2) is 0 Å². The number of aromatic nitrogens is 2. The van der Waals surface area contributed by atoms with Gasteiger partial charge in [-0.25, -0.2) is 4.98 Å². The Morgan fingerprint density at radius 3 is 2.57 bits per heavy atom. The van der Waals surface area contributed by atoms with E-state index in [9.17, 15) is 0 Å². The molecule has 1 aliphatic rings. The molecule has 76 valence electrons. The van der Waals surface area contributed by atoms with Crippen molar-refractivity contribution < 1.29 is 0 Å². The monoisotopic (exact) mass is 228 g/mol. The van der Waals surface area contributed by atoms with Gasteiger partial charge in [-0.3, -0.25) is 4.98 Å². The molecule has 0 bridgehead atoms. The Kier molecular flexibility index (Phi) is 3.36. The van der Waals surface area contributed by atoms with Crippen molar-refractivity contribution in [2.45, 2.75) is 0 Å². The Hall–Kier alpha value is -0.620. The van der Waals surface area contributed by atoms with Gasteiger partial charge in [-0.2, -0.15) is 0 Å². The van der Waals surface area contributed by atoms with Crippen LogP contribution < -0.4 is 10.6 Å². The molecule has 0 amide bonds. The molecule has 2 N–H and O–H groups in total. The highest BCUT2D eigenvalue weighted by atomic mass is 33.1. The van der Waals surface area contributed by atoms with Crippen LogP contribution in [0.15, 0.2) is 12.4 Å². The molecule has 0 saturated carbocycles. The van der Waals surface area contributed by atoms with Crippen LogP contribution in [0.2, 0.25) is 0 Å². The number of hydrogen-bond donors (Lipinski definition) is 1. The first-order valence-corrected chi connectivity index (χ1v) is 6.92. The molecule has 0 aliphatic carbocycles. The minimum absolute atomic E-state index is 0.493. The molecular formula is C8H12N4S2. The van der Waals surface area contributed by atoms with Crippen molar-refractivity contribution in [3.05, 3.63) is 12.4 Å². The summed E-state index contributed by atoms with van der Waals surface area (Å²) in [6.45, 7) is 2.05. The summed E-state index contributed by atoms with van der Waals surface area (Å²) in [5, 5.41) is 0. The van der Waals surface area contributed by atoms with E-state index in [1.54, 1.807) is 12.4 Å². The number of nitrogen functional groups attached to an aromatic ring is 1. The number of nitrogens with zero attached hydrogens (tertiary/aromatic N) is 3. The predicted molar refractivity (Wildman–Crippen MR) is 63.6 cm³/mol. The van der Waals surface area contributed by atoms with Gasteiger partial charge in [-0.05, 0) is 0 Å². The smallest absolute Gasteiger partial charge is 0.149 e. The van der Waals surface area contributed by atoms with Crippen LogP contribution in [0.4, 0.5) is 11.6 Å². The molecule has 0 radical (unpaired) electrons. The van der Waals surface area contributed by atoms with Gasteiger partial charge in [0.1, 0.15) is 11.6 Å². The van der Waals surface area contributed by atoms with Gasteiger partial charge in [0.05, 0.1) is 12.4 Å². The Morgan fingerprint density at radius 2 is 1.93 bits per heavy atom. The maximum atomic E-state index is 5.59. The standard InChI is InChI=1S/C8H12N4S2/c9-7-5-10-6-8(11-7)12-1-3-13-14-4-2-12/h5-6H,1-4H2,(H2,9,11). The van der Waals surface area contributed by atoms with Crippen LogP contribution >= 0.6 is 21.6 Å². The van der Waals surface area contributed by atoms with Crippen molar-refractivity contribution in [3.8, 4) is 0 Å². The van der Waals surface area contributed by atoms with E-state index in [0.717, 1.165) is 30.4 Å². The summed E-state index contributed by atoms with van der Waals surface area (Å²) in [4.78, 5) is 10.5. The lowest BCUT2D eigenvalue weighted by molar-refractivity contribution is 0.858. The summed E-state index contributed by atoms with van der Waals surface area (Å²) in [6.07, 6.45) is 3.35. The highest BCUT2D eigenvalue weighted by Crippen LogP contribution is 2.25. The first-order valence-electron chi connectivity index (χ1n) is 4.43. The quantitative estimate of drug-likeness (QED) is 0.730. The second-order valence-electron chi connectivity index (χ2n) is 2.93. The molecular weight excluding hydrogens is 216 g/mol. The molecule has 1 aromatic rings. The van der Waals surface area contributed by atoms with E-state index in [-0.39, 0.29) is 0 Å². The lowest BCUT2D eigenvalue weighted by atomic mass is 10.5. The van der Waals surface area contributed by atoms with Crippen molar-refractivity contribution in [1.29, 1.82) is 0 Å². The molecule has 0 unspecified atom stereocenters. The van der Waals surface area contributed by atoms with Crippen molar-refractivity contribution in [2.75, 3.05) is 35.2 Å². The topological polar surface area (TPSA) is 55.0 Å². The van der Waals surface area contributed by atoms with Gasteiger partial charge >= 0.3 is 0 Å². The van der Waals surface area contributed by atoms with Crippen LogP contribution in [-0.4, -0.2) is 34.6 Å². The first kappa shape index (κ1) is 9.92. The average Bonchev–Trinajstić information content (AvgIpc) is 2.45. The molecule has 0 spiro atoms. The van der Waals surface area contributed by atoms with Gasteiger partial charge in [0.25, 0.3) is 0 Å². The number of anilines is 2. The summed E-state index contributed by atoms with van der Waals surface area (Å²) in [7, 11) is 3.83. The molecule has 6 heteroatoms. The molecule has 2 rings (SSSR count). The molecule has 14 heavy (non-hydrogen) atoms. The minimum atomic E-state index is 0.493. The Morgan fingerprint density at radius 1 is 1.21 bits per heavy atom. The van der Waals surface area contributed by atoms with E-state index in [1.807, 2.05) is 21.6 Å². The van der Waals surface area contributed by atoms with E-state index < -0.39 is 0 Å². The zero-order valence-corrected chi connectivity index (χ0v) is 9.35. The molecule has 0 atom stereocenters. The average molecular weight is 228 g/mol.